The highest BCUT2D eigenvalue weighted by atomic mass is 31.2. The van der Waals surface area contributed by atoms with Crippen LogP contribution >= 0.6 is 15.3 Å². The molecule has 1 heterocycles. The van der Waals surface area contributed by atoms with Crippen molar-refractivity contribution in [3.8, 4) is 0 Å². The predicted octanol–water partition coefficient (Wildman–Crippen LogP) is -0.280. The molecule has 0 aliphatic carbocycles. The number of carbonyl (C=O) groups excluding carboxylic acids is 2. The van der Waals surface area contributed by atoms with E-state index >= 15 is 0 Å². The monoisotopic (exact) mass is 348 g/mol. The van der Waals surface area contributed by atoms with Gasteiger partial charge < -0.3 is 5.09 Å². The second-order valence-corrected chi connectivity index (χ2v) is 7.71. The van der Waals surface area contributed by atoms with E-state index in [0.29, 0.717) is 4.90 Å². The van der Waals surface area contributed by atoms with Crippen LogP contribution in [-0.2, 0) is 13.7 Å². The lowest BCUT2D eigenvalue weighted by Crippen LogP contribution is -2.32. The minimum atomic E-state index is -3.83. The lowest BCUT2D eigenvalue weighted by molar-refractivity contribution is 0.0527. The number of rotatable bonds is 5. The average molecular weight is 348 g/mol. The molecule has 0 aromatic heterocycles. The summed E-state index contributed by atoms with van der Waals surface area (Å²) in [5, 5.41) is 2.33. The zero-order chi connectivity index (χ0) is 16.7. The lowest BCUT2D eigenvalue weighted by atomic mass is 10.1. The number of hydrogen-bond donors (Lipinski definition) is 5. The number of amides is 2. The van der Waals surface area contributed by atoms with Gasteiger partial charge in [-0.3, -0.25) is 34.3 Å². The number of nitrogens with two attached hydrogens (primary N) is 4. The number of benzene rings is 1. The van der Waals surface area contributed by atoms with Gasteiger partial charge >= 0.3 is 7.67 Å². The second kappa shape index (κ2) is 5.56. The number of imide groups is 1. The van der Waals surface area contributed by atoms with Gasteiger partial charge in [0.05, 0.1) is 11.1 Å². The Hall–Kier alpha value is -1.58. The van der Waals surface area contributed by atoms with Crippen molar-refractivity contribution in [3.05, 3.63) is 29.3 Å². The van der Waals surface area contributed by atoms with Gasteiger partial charge in [0.2, 0.25) is 0 Å². The van der Waals surface area contributed by atoms with Crippen LogP contribution in [0.5, 0.6) is 0 Å². The van der Waals surface area contributed by atoms with Gasteiger partial charge in [-0.05, 0) is 18.2 Å². The Balaban J connectivity index is 2.26. The van der Waals surface area contributed by atoms with Crippen molar-refractivity contribution in [1.29, 1.82) is 0 Å². The van der Waals surface area contributed by atoms with Gasteiger partial charge in [0.25, 0.3) is 19.4 Å². The Kier molecular flexibility index (Phi) is 4.24. The molecule has 0 fully saturated rings. The molecule has 22 heavy (non-hydrogen) atoms. The van der Waals surface area contributed by atoms with Crippen LogP contribution in [0.25, 0.3) is 0 Å². The molecule has 13 heteroatoms. The molecule has 120 valence electrons. The fourth-order valence-corrected chi connectivity index (χ4v) is 2.67. The van der Waals surface area contributed by atoms with Crippen molar-refractivity contribution in [2.45, 2.75) is 0 Å². The van der Waals surface area contributed by atoms with Crippen LogP contribution in [0, 0.1) is 0 Å². The molecule has 0 saturated carbocycles. The highest BCUT2D eigenvalue weighted by Crippen LogP contribution is 2.33. The molecule has 0 radical (unpaired) electrons. The third-order valence-corrected chi connectivity index (χ3v) is 3.79. The van der Waals surface area contributed by atoms with Crippen LogP contribution in [0.15, 0.2) is 18.2 Å². The Labute approximate surface area is 125 Å². The molecule has 0 spiro atoms. The molecule has 2 rings (SSSR count). The second-order valence-electron chi connectivity index (χ2n) is 4.52. The molecule has 2 amide bonds. The van der Waals surface area contributed by atoms with Gasteiger partial charge in [0, 0.05) is 5.69 Å². The Morgan fingerprint density at radius 2 is 1.64 bits per heavy atom. The first-order valence-electron chi connectivity index (χ1n) is 5.75. The number of hydrogen-bond acceptors (Lipinski definition) is 5. The summed E-state index contributed by atoms with van der Waals surface area (Å²) < 4.78 is 27.0. The Morgan fingerprint density at radius 1 is 1.05 bits per heavy atom. The van der Waals surface area contributed by atoms with Gasteiger partial charge in [-0.1, -0.05) is 0 Å². The SMILES string of the molecule is NP(N)(=O)Nc1ccc2c(c1)C(=O)N(COP(N)(N)=O)C2=O. The molecule has 11 nitrogen and oxygen atoms in total. The maximum absolute atomic E-state index is 12.1. The summed E-state index contributed by atoms with van der Waals surface area (Å²) in [6.45, 7) is -0.647. The molecule has 0 unspecified atom stereocenters. The van der Waals surface area contributed by atoms with Crippen LogP contribution in [0.2, 0.25) is 0 Å². The van der Waals surface area contributed by atoms with Gasteiger partial charge in [-0.15, -0.1) is 0 Å². The molecule has 0 atom stereocenters. The number of fused-ring (bicyclic) bond motifs is 1. The molecule has 1 aromatic carbocycles. The summed E-state index contributed by atoms with van der Waals surface area (Å²) in [4.78, 5) is 24.9. The zero-order valence-electron chi connectivity index (χ0n) is 11.1. The quantitative estimate of drug-likeness (QED) is 0.348. The largest absolute Gasteiger partial charge is 0.337 e. The first-order chi connectivity index (χ1) is 9.98. The van der Waals surface area contributed by atoms with E-state index in [-0.39, 0.29) is 16.8 Å². The van der Waals surface area contributed by atoms with Crippen LogP contribution in [0.3, 0.4) is 0 Å². The lowest BCUT2D eigenvalue weighted by Gasteiger charge is -2.15. The Morgan fingerprint density at radius 3 is 2.18 bits per heavy atom. The van der Waals surface area contributed by atoms with Gasteiger partial charge in [-0.2, -0.15) is 0 Å². The topological polar surface area (TPSA) is 197 Å². The molecule has 1 aliphatic rings. The van der Waals surface area contributed by atoms with Gasteiger partial charge in [0.1, 0.15) is 6.73 Å². The fraction of sp³-hybridized carbons (Fsp3) is 0.111. The van der Waals surface area contributed by atoms with Gasteiger partial charge in [0.15, 0.2) is 0 Å². The first kappa shape index (κ1) is 16.8. The van der Waals surface area contributed by atoms with E-state index in [1.165, 1.54) is 18.2 Å². The number of nitrogens with one attached hydrogen (secondary N) is 1. The molecular weight excluding hydrogens is 334 g/mol. The molecule has 0 bridgehead atoms. The maximum Gasteiger partial charge on any atom is 0.337 e. The normalized spacial score (nSPS) is 15.2. The Bertz CT molecular complexity index is 740. The standard InChI is InChI=1S/C9H14N6O5P2/c10-21(11,18)14-5-1-2-6-7(3-5)9(17)15(8(6)16)4-20-22(12,13)19/h1-3H,4H2,(H4,12,13,19)(H5,10,11,14,18). The third kappa shape index (κ3) is 3.79. The summed E-state index contributed by atoms with van der Waals surface area (Å²) in [5.41, 5.74) is 20.7. The van der Waals surface area contributed by atoms with E-state index in [0.717, 1.165) is 0 Å². The number of nitrogens with zero attached hydrogens (tertiary/aromatic N) is 1. The van der Waals surface area contributed by atoms with Crippen molar-refractivity contribution < 1.29 is 23.2 Å². The van der Waals surface area contributed by atoms with E-state index in [9.17, 15) is 18.7 Å². The highest BCUT2D eigenvalue weighted by molar-refractivity contribution is 7.60. The van der Waals surface area contributed by atoms with E-state index < -0.39 is 33.8 Å². The highest BCUT2D eigenvalue weighted by Gasteiger charge is 2.36. The summed E-state index contributed by atoms with van der Waals surface area (Å²) in [6, 6.07) is 3.99. The molecule has 0 saturated heterocycles. The van der Waals surface area contributed by atoms with Crippen molar-refractivity contribution >= 4 is 32.8 Å². The maximum atomic E-state index is 12.1. The number of anilines is 1. The van der Waals surface area contributed by atoms with E-state index in [1.807, 2.05) is 0 Å². The third-order valence-electron chi connectivity index (χ3n) is 2.66. The fourth-order valence-electron chi connectivity index (χ4n) is 1.83. The smallest absolute Gasteiger partial charge is 0.313 e. The van der Waals surface area contributed by atoms with Crippen LogP contribution < -0.4 is 27.1 Å². The van der Waals surface area contributed by atoms with Crippen LogP contribution in [-0.4, -0.2) is 23.4 Å². The summed E-state index contributed by atoms with van der Waals surface area (Å²) >= 11 is 0. The summed E-state index contributed by atoms with van der Waals surface area (Å²) in [5.74, 6) is -1.37. The van der Waals surface area contributed by atoms with Crippen molar-refractivity contribution in [2.24, 2.45) is 22.0 Å². The molecule has 1 aromatic rings. The summed E-state index contributed by atoms with van der Waals surface area (Å²) in [7, 11) is -7.38. The van der Waals surface area contributed by atoms with E-state index in [4.69, 9.17) is 22.0 Å². The zero-order valence-corrected chi connectivity index (χ0v) is 12.9. The predicted molar refractivity (Wildman–Crippen MR) is 78.5 cm³/mol. The molecular formula is C9H14N6O5P2. The average Bonchev–Trinajstić information content (AvgIpc) is 2.56. The van der Waals surface area contributed by atoms with Gasteiger partial charge in [-0.25, -0.2) is 15.9 Å². The van der Waals surface area contributed by atoms with Crippen molar-refractivity contribution in [3.63, 3.8) is 0 Å². The molecule has 9 N–H and O–H groups in total. The minimum absolute atomic E-state index is 0.0240. The van der Waals surface area contributed by atoms with Crippen molar-refractivity contribution in [2.75, 3.05) is 11.8 Å². The van der Waals surface area contributed by atoms with Crippen LogP contribution in [0.1, 0.15) is 20.7 Å². The number of carbonyl (C=O) groups is 2. The van der Waals surface area contributed by atoms with E-state index in [2.05, 4.69) is 9.61 Å². The van der Waals surface area contributed by atoms with Crippen molar-refractivity contribution in [1.82, 2.24) is 4.90 Å². The first-order valence-corrected chi connectivity index (χ1v) is 9.36. The molecule has 1 aliphatic heterocycles. The summed E-state index contributed by atoms with van der Waals surface area (Å²) in [6.07, 6.45) is 0. The van der Waals surface area contributed by atoms with Crippen LogP contribution in [0.4, 0.5) is 5.69 Å². The minimum Gasteiger partial charge on any atom is -0.313 e. The van der Waals surface area contributed by atoms with E-state index in [1.54, 1.807) is 0 Å².